The Labute approximate surface area is 127 Å². The van der Waals surface area contributed by atoms with Gasteiger partial charge in [-0.2, -0.15) is 0 Å². The number of para-hydroxylation sites is 1. The highest BCUT2D eigenvalue weighted by Crippen LogP contribution is 2.37. The highest BCUT2D eigenvalue weighted by molar-refractivity contribution is 7.89. The second-order valence-corrected chi connectivity index (χ2v) is 7.50. The number of nitrogens with two attached hydrogens (primary N) is 1. The highest BCUT2D eigenvalue weighted by Gasteiger charge is 2.32. The quantitative estimate of drug-likeness (QED) is 0.718. The van der Waals surface area contributed by atoms with Gasteiger partial charge in [0.1, 0.15) is 4.90 Å². The molecule has 0 heterocycles. The zero-order chi connectivity index (χ0) is 15.3. The Hall–Kier alpha value is -1.11. The summed E-state index contributed by atoms with van der Waals surface area (Å²) in [6.07, 6.45) is 4.63. The molecule has 0 aromatic heterocycles. The number of nitrogens with one attached hydrogen (secondary N) is 2. The topological polar surface area (TPSA) is 84.2 Å². The third-order valence-corrected chi connectivity index (χ3v) is 5.87. The molecule has 1 aromatic carbocycles. The Balaban J connectivity index is 2.17. The van der Waals surface area contributed by atoms with Crippen LogP contribution >= 0.6 is 0 Å². The van der Waals surface area contributed by atoms with Crippen LogP contribution in [0.1, 0.15) is 32.6 Å². The van der Waals surface area contributed by atoms with E-state index in [0.717, 1.165) is 19.4 Å². The molecule has 0 radical (unpaired) electrons. The molecule has 1 aliphatic rings. The fourth-order valence-corrected chi connectivity index (χ4v) is 4.20. The molecule has 0 bridgehead atoms. The molecular formula is C15H25N3O2S. The summed E-state index contributed by atoms with van der Waals surface area (Å²) in [6.45, 7) is 3.52. The normalized spacial score (nSPS) is 17.8. The minimum absolute atomic E-state index is 0.106. The largest absolute Gasteiger partial charge is 0.383 e. The molecule has 1 saturated carbocycles. The third-order valence-electron chi connectivity index (χ3n) is 4.26. The van der Waals surface area contributed by atoms with Crippen LogP contribution in [0.15, 0.2) is 29.2 Å². The zero-order valence-electron chi connectivity index (χ0n) is 12.6. The smallest absolute Gasteiger partial charge is 0.242 e. The Morgan fingerprint density at radius 2 is 1.90 bits per heavy atom. The molecule has 1 fully saturated rings. The first kappa shape index (κ1) is 16.3. The van der Waals surface area contributed by atoms with Crippen molar-refractivity contribution < 1.29 is 8.42 Å². The predicted octanol–water partition coefficient (Wildman–Crippen LogP) is 1.92. The SMILES string of the molecule is CCNS(=O)(=O)c1ccccc1NCC1(CN)CCCC1. The lowest BCUT2D eigenvalue weighted by Gasteiger charge is -2.28. The monoisotopic (exact) mass is 311 g/mol. The summed E-state index contributed by atoms with van der Waals surface area (Å²) in [4.78, 5) is 0.303. The lowest BCUT2D eigenvalue weighted by atomic mass is 9.86. The maximum atomic E-state index is 12.2. The van der Waals surface area contributed by atoms with E-state index >= 15 is 0 Å². The molecule has 0 saturated heterocycles. The van der Waals surface area contributed by atoms with E-state index in [4.69, 9.17) is 5.73 Å². The molecule has 0 spiro atoms. The second kappa shape index (κ2) is 6.77. The van der Waals surface area contributed by atoms with E-state index in [9.17, 15) is 8.42 Å². The zero-order valence-corrected chi connectivity index (χ0v) is 13.4. The minimum atomic E-state index is -3.46. The van der Waals surface area contributed by atoms with E-state index in [1.165, 1.54) is 12.8 Å². The summed E-state index contributed by atoms with van der Waals surface area (Å²) < 4.78 is 27.0. The van der Waals surface area contributed by atoms with Gasteiger partial charge in [0.2, 0.25) is 10.0 Å². The highest BCUT2D eigenvalue weighted by atomic mass is 32.2. The van der Waals surface area contributed by atoms with Crippen molar-refractivity contribution in [2.24, 2.45) is 11.1 Å². The van der Waals surface area contributed by atoms with Gasteiger partial charge in [-0.05, 0) is 36.9 Å². The summed E-state index contributed by atoms with van der Waals surface area (Å²) in [5, 5.41) is 3.31. The number of hydrogen-bond donors (Lipinski definition) is 3. The van der Waals surface area contributed by atoms with Crippen LogP contribution in [0, 0.1) is 5.41 Å². The second-order valence-electron chi connectivity index (χ2n) is 5.76. The molecule has 6 heteroatoms. The molecule has 0 unspecified atom stereocenters. The maximum absolute atomic E-state index is 12.2. The van der Waals surface area contributed by atoms with Gasteiger partial charge in [-0.25, -0.2) is 13.1 Å². The predicted molar refractivity (Wildman–Crippen MR) is 85.7 cm³/mol. The van der Waals surface area contributed by atoms with E-state index in [2.05, 4.69) is 10.0 Å². The summed E-state index contributed by atoms with van der Waals surface area (Å²) in [6, 6.07) is 7.02. The standard InChI is InChI=1S/C15H25N3O2S/c1-2-18-21(19,20)14-8-4-3-7-13(14)17-12-15(11-16)9-5-6-10-15/h3-4,7-8,17-18H,2,5-6,9-12,16H2,1H3. The van der Waals surface area contributed by atoms with Crippen LogP contribution in [0.25, 0.3) is 0 Å². The van der Waals surface area contributed by atoms with E-state index < -0.39 is 10.0 Å². The van der Waals surface area contributed by atoms with Gasteiger partial charge >= 0.3 is 0 Å². The molecule has 1 aliphatic carbocycles. The lowest BCUT2D eigenvalue weighted by Crippen LogP contribution is -2.35. The van der Waals surface area contributed by atoms with Gasteiger partial charge < -0.3 is 11.1 Å². The van der Waals surface area contributed by atoms with Crippen molar-refractivity contribution in [2.75, 3.05) is 25.0 Å². The van der Waals surface area contributed by atoms with Gasteiger partial charge in [-0.3, -0.25) is 0 Å². The van der Waals surface area contributed by atoms with Gasteiger partial charge in [0.15, 0.2) is 0 Å². The molecule has 4 N–H and O–H groups in total. The van der Waals surface area contributed by atoms with Gasteiger partial charge in [-0.15, -0.1) is 0 Å². The third kappa shape index (κ3) is 3.75. The number of anilines is 1. The van der Waals surface area contributed by atoms with Crippen molar-refractivity contribution in [1.29, 1.82) is 0 Å². The summed E-state index contributed by atoms with van der Waals surface area (Å²) in [5.74, 6) is 0. The van der Waals surface area contributed by atoms with Crippen molar-refractivity contribution in [3.05, 3.63) is 24.3 Å². The van der Waals surface area contributed by atoms with Crippen LogP contribution in [0.3, 0.4) is 0 Å². The number of benzene rings is 1. The average Bonchev–Trinajstić information content (AvgIpc) is 2.95. The van der Waals surface area contributed by atoms with Gasteiger partial charge in [0, 0.05) is 13.1 Å². The number of rotatable bonds is 7. The van der Waals surface area contributed by atoms with Crippen molar-refractivity contribution in [3.63, 3.8) is 0 Å². The van der Waals surface area contributed by atoms with Crippen molar-refractivity contribution in [3.8, 4) is 0 Å². The molecule has 118 valence electrons. The molecule has 5 nitrogen and oxygen atoms in total. The molecule has 21 heavy (non-hydrogen) atoms. The molecule has 0 aliphatic heterocycles. The van der Waals surface area contributed by atoms with Crippen molar-refractivity contribution in [2.45, 2.75) is 37.5 Å². The van der Waals surface area contributed by atoms with Crippen molar-refractivity contribution >= 4 is 15.7 Å². The van der Waals surface area contributed by atoms with Crippen LogP contribution in [-0.2, 0) is 10.0 Å². The van der Waals surface area contributed by atoms with E-state index in [0.29, 0.717) is 23.7 Å². The Morgan fingerprint density at radius 1 is 1.24 bits per heavy atom. The summed E-state index contributed by atoms with van der Waals surface area (Å²) >= 11 is 0. The lowest BCUT2D eigenvalue weighted by molar-refractivity contribution is 0.332. The molecule has 1 aromatic rings. The average molecular weight is 311 g/mol. The van der Waals surface area contributed by atoms with Crippen LogP contribution < -0.4 is 15.8 Å². The van der Waals surface area contributed by atoms with E-state index in [-0.39, 0.29) is 5.41 Å². The van der Waals surface area contributed by atoms with E-state index in [1.54, 1.807) is 19.1 Å². The summed E-state index contributed by atoms with van der Waals surface area (Å²) in [5.41, 5.74) is 6.69. The van der Waals surface area contributed by atoms with Crippen LogP contribution in [0.4, 0.5) is 5.69 Å². The van der Waals surface area contributed by atoms with Crippen LogP contribution in [-0.4, -0.2) is 28.1 Å². The van der Waals surface area contributed by atoms with Gasteiger partial charge in [0.05, 0.1) is 5.69 Å². The Morgan fingerprint density at radius 3 is 2.52 bits per heavy atom. The Kier molecular flexibility index (Phi) is 5.24. The molecule has 2 rings (SSSR count). The molecular weight excluding hydrogens is 286 g/mol. The summed E-state index contributed by atoms with van der Waals surface area (Å²) in [7, 11) is -3.46. The Bertz CT molecular complexity index is 566. The first-order chi connectivity index (χ1) is 10.0. The molecule has 0 amide bonds. The first-order valence-electron chi connectivity index (χ1n) is 7.56. The van der Waals surface area contributed by atoms with Crippen molar-refractivity contribution in [1.82, 2.24) is 4.72 Å². The van der Waals surface area contributed by atoms with Crippen LogP contribution in [0.2, 0.25) is 0 Å². The fourth-order valence-electron chi connectivity index (χ4n) is 2.98. The van der Waals surface area contributed by atoms with Crippen LogP contribution in [0.5, 0.6) is 0 Å². The fraction of sp³-hybridized carbons (Fsp3) is 0.600. The molecule has 0 atom stereocenters. The number of hydrogen-bond acceptors (Lipinski definition) is 4. The van der Waals surface area contributed by atoms with Gasteiger partial charge in [-0.1, -0.05) is 31.9 Å². The first-order valence-corrected chi connectivity index (χ1v) is 9.04. The number of sulfonamides is 1. The minimum Gasteiger partial charge on any atom is -0.383 e. The van der Waals surface area contributed by atoms with Gasteiger partial charge in [0.25, 0.3) is 0 Å². The van der Waals surface area contributed by atoms with E-state index in [1.807, 2.05) is 12.1 Å². The maximum Gasteiger partial charge on any atom is 0.242 e.